The van der Waals surface area contributed by atoms with Crippen LogP contribution in [0.2, 0.25) is 0 Å². The Morgan fingerprint density at radius 2 is 1.80 bits per heavy atom. The molecule has 7 nitrogen and oxygen atoms in total. The van der Waals surface area contributed by atoms with Crippen LogP contribution in [0, 0.1) is 0 Å². The first-order chi connectivity index (χ1) is 11.5. The molecule has 1 fully saturated rings. The average Bonchev–Trinajstić information content (AvgIpc) is 2.59. The van der Waals surface area contributed by atoms with Crippen LogP contribution in [0.1, 0.15) is 52.4 Å². The quantitative estimate of drug-likeness (QED) is 0.625. The van der Waals surface area contributed by atoms with E-state index in [-0.39, 0.29) is 49.0 Å². The molecule has 1 heterocycles. The molecule has 0 bridgehead atoms. The highest BCUT2D eigenvalue weighted by Gasteiger charge is 2.27. The maximum atomic E-state index is 12.5. The van der Waals surface area contributed by atoms with Crippen molar-refractivity contribution in [3.05, 3.63) is 0 Å². The Morgan fingerprint density at radius 3 is 2.40 bits per heavy atom. The number of hydrogen-bond acceptors (Lipinski definition) is 4. The van der Waals surface area contributed by atoms with Gasteiger partial charge in [0.15, 0.2) is 0 Å². The highest BCUT2D eigenvalue weighted by atomic mass is 35.5. The first-order valence-electron chi connectivity index (χ1n) is 9.07. The van der Waals surface area contributed by atoms with Gasteiger partial charge in [-0.2, -0.15) is 0 Å². The fraction of sp³-hybridized carbons (Fsp3) is 0.824. The second-order valence-electron chi connectivity index (χ2n) is 6.15. The van der Waals surface area contributed by atoms with Crippen molar-refractivity contribution in [2.75, 3.05) is 32.7 Å². The maximum Gasteiger partial charge on any atom is 0.223 e. The van der Waals surface area contributed by atoms with Crippen LogP contribution in [-0.2, 0) is 14.4 Å². The van der Waals surface area contributed by atoms with Crippen molar-refractivity contribution < 1.29 is 14.4 Å². The Balaban J connectivity index is 0.00000576. The minimum absolute atomic E-state index is 0. The maximum absolute atomic E-state index is 12.5. The minimum Gasteiger partial charge on any atom is -0.354 e. The van der Waals surface area contributed by atoms with E-state index in [1.165, 1.54) is 0 Å². The molecular weight excluding hydrogens is 344 g/mol. The number of rotatable bonds is 9. The summed E-state index contributed by atoms with van der Waals surface area (Å²) in [5.74, 6) is -0.0429. The molecule has 8 heteroatoms. The second kappa shape index (κ2) is 12.9. The van der Waals surface area contributed by atoms with Crippen molar-refractivity contribution in [2.45, 2.75) is 58.4 Å². The summed E-state index contributed by atoms with van der Waals surface area (Å²) in [7, 11) is 0. The van der Waals surface area contributed by atoms with Crippen LogP contribution in [0.15, 0.2) is 0 Å². The Labute approximate surface area is 157 Å². The summed E-state index contributed by atoms with van der Waals surface area (Å²) in [5.41, 5.74) is 5.37. The predicted octanol–water partition coefficient (Wildman–Crippen LogP) is 0.903. The largest absolute Gasteiger partial charge is 0.354 e. The number of amides is 3. The van der Waals surface area contributed by atoms with Gasteiger partial charge in [0.05, 0.1) is 0 Å². The van der Waals surface area contributed by atoms with Crippen molar-refractivity contribution in [3.63, 3.8) is 0 Å². The SMILES string of the molecule is CCN(CC)C(=O)CCC(=O)N1CCCCC1CNC(=O)CCN.Cl. The molecule has 3 amide bonds. The van der Waals surface area contributed by atoms with Crippen molar-refractivity contribution in [2.24, 2.45) is 5.73 Å². The molecule has 146 valence electrons. The van der Waals surface area contributed by atoms with E-state index in [4.69, 9.17) is 5.73 Å². The first kappa shape index (κ1) is 23.7. The van der Waals surface area contributed by atoms with Gasteiger partial charge in [0.2, 0.25) is 17.7 Å². The third kappa shape index (κ3) is 8.05. The lowest BCUT2D eigenvalue weighted by Crippen LogP contribution is -2.49. The molecule has 0 aliphatic carbocycles. The Morgan fingerprint density at radius 1 is 1.12 bits per heavy atom. The molecular formula is C17H33ClN4O3. The smallest absolute Gasteiger partial charge is 0.223 e. The van der Waals surface area contributed by atoms with Crippen molar-refractivity contribution in [1.29, 1.82) is 0 Å². The summed E-state index contributed by atoms with van der Waals surface area (Å²) in [6, 6.07) is 0.0246. The second-order valence-corrected chi connectivity index (χ2v) is 6.15. The van der Waals surface area contributed by atoms with Crippen LogP contribution in [0.5, 0.6) is 0 Å². The number of piperidine rings is 1. The molecule has 1 saturated heterocycles. The molecule has 0 saturated carbocycles. The molecule has 0 aromatic rings. The topological polar surface area (TPSA) is 95.7 Å². The van der Waals surface area contributed by atoms with Gasteiger partial charge >= 0.3 is 0 Å². The number of halogens is 1. The number of nitrogens with one attached hydrogen (secondary N) is 1. The van der Waals surface area contributed by atoms with Crippen molar-refractivity contribution in [1.82, 2.24) is 15.1 Å². The minimum atomic E-state index is -0.0767. The van der Waals surface area contributed by atoms with Gasteiger partial charge < -0.3 is 20.9 Å². The van der Waals surface area contributed by atoms with E-state index in [1.54, 1.807) is 4.90 Å². The molecule has 0 aromatic carbocycles. The van der Waals surface area contributed by atoms with E-state index in [9.17, 15) is 14.4 Å². The van der Waals surface area contributed by atoms with Crippen LogP contribution < -0.4 is 11.1 Å². The number of hydrogen-bond donors (Lipinski definition) is 2. The fourth-order valence-corrected chi connectivity index (χ4v) is 3.08. The first-order valence-corrected chi connectivity index (χ1v) is 9.07. The molecule has 1 aliphatic heterocycles. The van der Waals surface area contributed by atoms with E-state index in [1.807, 2.05) is 18.7 Å². The molecule has 1 atom stereocenters. The van der Waals surface area contributed by atoms with E-state index in [2.05, 4.69) is 5.32 Å². The lowest BCUT2D eigenvalue weighted by Gasteiger charge is -2.36. The molecule has 1 rings (SSSR count). The summed E-state index contributed by atoms with van der Waals surface area (Å²) in [6.45, 7) is 6.71. The zero-order chi connectivity index (χ0) is 17.9. The van der Waals surface area contributed by atoms with E-state index < -0.39 is 0 Å². The van der Waals surface area contributed by atoms with Crippen molar-refractivity contribution in [3.8, 4) is 0 Å². The number of carbonyl (C=O) groups excluding carboxylic acids is 3. The van der Waals surface area contributed by atoms with Gasteiger partial charge in [-0.3, -0.25) is 14.4 Å². The Kier molecular flexibility index (Phi) is 12.2. The lowest BCUT2D eigenvalue weighted by molar-refractivity contribution is -0.139. The van der Waals surface area contributed by atoms with Crippen molar-refractivity contribution >= 4 is 30.1 Å². The number of nitrogens with zero attached hydrogens (tertiary/aromatic N) is 2. The molecule has 25 heavy (non-hydrogen) atoms. The molecule has 0 radical (unpaired) electrons. The lowest BCUT2D eigenvalue weighted by atomic mass is 10.0. The summed E-state index contributed by atoms with van der Waals surface area (Å²) < 4.78 is 0. The van der Waals surface area contributed by atoms with Crippen LogP contribution in [0.4, 0.5) is 0 Å². The number of likely N-dealkylation sites (tertiary alicyclic amines) is 1. The van der Waals surface area contributed by atoms with Gasteiger partial charge in [0.1, 0.15) is 0 Å². The van der Waals surface area contributed by atoms with Gasteiger partial charge in [-0.25, -0.2) is 0 Å². The third-order valence-electron chi connectivity index (χ3n) is 4.52. The van der Waals surface area contributed by atoms with Crippen LogP contribution >= 0.6 is 12.4 Å². The summed E-state index contributed by atoms with van der Waals surface area (Å²) in [5, 5.41) is 2.85. The highest BCUT2D eigenvalue weighted by molar-refractivity contribution is 5.85. The molecule has 1 unspecified atom stereocenters. The van der Waals surface area contributed by atoms with Gasteiger partial charge in [0.25, 0.3) is 0 Å². The van der Waals surface area contributed by atoms with E-state index in [0.717, 1.165) is 19.3 Å². The zero-order valence-corrected chi connectivity index (χ0v) is 16.3. The van der Waals surface area contributed by atoms with Gasteiger partial charge in [-0.05, 0) is 33.1 Å². The summed E-state index contributed by atoms with van der Waals surface area (Å²) in [4.78, 5) is 39.7. The molecule has 0 spiro atoms. The molecule has 3 N–H and O–H groups in total. The average molecular weight is 377 g/mol. The summed E-state index contributed by atoms with van der Waals surface area (Å²) >= 11 is 0. The highest BCUT2D eigenvalue weighted by Crippen LogP contribution is 2.18. The van der Waals surface area contributed by atoms with Crippen LogP contribution in [0.25, 0.3) is 0 Å². The predicted molar refractivity (Wildman–Crippen MR) is 100 cm³/mol. The van der Waals surface area contributed by atoms with Gasteiger partial charge in [-0.15, -0.1) is 12.4 Å². The summed E-state index contributed by atoms with van der Waals surface area (Å²) in [6.07, 6.45) is 3.71. The molecule has 0 aromatic heterocycles. The third-order valence-corrected chi connectivity index (χ3v) is 4.52. The monoisotopic (exact) mass is 376 g/mol. The van der Waals surface area contributed by atoms with Gasteiger partial charge in [0, 0.05) is 58.0 Å². The van der Waals surface area contributed by atoms with Crippen LogP contribution in [0.3, 0.4) is 0 Å². The Hall–Kier alpha value is -1.34. The fourth-order valence-electron chi connectivity index (χ4n) is 3.08. The van der Waals surface area contributed by atoms with E-state index >= 15 is 0 Å². The van der Waals surface area contributed by atoms with E-state index in [0.29, 0.717) is 39.1 Å². The zero-order valence-electron chi connectivity index (χ0n) is 15.5. The van der Waals surface area contributed by atoms with Gasteiger partial charge in [-0.1, -0.05) is 0 Å². The number of nitrogens with two attached hydrogens (primary N) is 1. The normalized spacial score (nSPS) is 16.8. The van der Waals surface area contributed by atoms with Crippen LogP contribution in [-0.4, -0.2) is 66.3 Å². The molecule has 1 aliphatic rings. The number of carbonyl (C=O) groups is 3. The standard InChI is InChI=1S/C17H32N4O3.ClH/c1-3-20(4-2)16(23)8-9-17(24)21-12-6-5-7-14(21)13-19-15(22)10-11-18;/h14H,3-13,18H2,1-2H3,(H,19,22);1H. The Bertz CT molecular complexity index is 430.